The Bertz CT molecular complexity index is 653. The summed E-state index contributed by atoms with van der Waals surface area (Å²) in [5.41, 5.74) is 7.94. The number of anilines is 1. The van der Waals surface area contributed by atoms with Crippen molar-refractivity contribution < 1.29 is 4.79 Å². The molecule has 1 amide bonds. The number of carbonyl (C=O) groups is 1. The van der Waals surface area contributed by atoms with Gasteiger partial charge in [-0.1, -0.05) is 11.6 Å². The van der Waals surface area contributed by atoms with Gasteiger partial charge in [0.05, 0.1) is 16.6 Å². The fourth-order valence-electron chi connectivity index (χ4n) is 2.64. The van der Waals surface area contributed by atoms with Gasteiger partial charge < -0.3 is 11.1 Å². The molecule has 20 heavy (non-hydrogen) atoms. The Balaban J connectivity index is 1.86. The Kier molecular flexibility index (Phi) is 3.68. The first-order chi connectivity index (χ1) is 9.65. The Morgan fingerprint density at radius 2 is 2.25 bits per heavy atom. The molecule has 0 aliphatic heterocycles. The van der Waals surface area contributed by atoms with Gasteiger partial charge in [0.25, 0.3) is 0 Å². The zero-order chi connectivity index (χ0) is 14.1. The first kappa shape index (κ1) is 13.5. The van der Waals surface area contributed by atoms with Crippen molar-refractivity contribution in [2.45, 2.75) is 25.3 Å². The maximum absolute atomic E-state index is 11.3. The fourth-order valence-corrected chi connectivity index (χ4v) is 3.84. The minimum atomic E-state index is -0.501. The monoisotopic (exact) mass is 306 g/mol. The fraction of sp³-hybridized carbons (Fsp3) is 0.267. The lowest BCUT2D eigenvalue weighted by Crippen LogP contribution is -2.17. The molecule has 3 nitrogen and oxygen atoms in total. The van der Waals surface area contributed by atoms with E-state index >= 15 is 0 Å². The standard InChI is InChI=1S/C15H15ClN2OS/c16-12-5-4-9(8-11(12)15(17)19)18-13-2-1-3-14-10(13)6-7-20-14/h4-8,13,18H,1-3H2,(H2,17,19). The van der Waals surface area contributed by atoms with Crippen molar-refractivity contribution in [3.8, 4) is 0 Å². The maximum Gasteiger partial charge on any atom is 0.250 e. The van der Waals surface area contributed by atoms with E-state index in [2.05, 4.69) is 16.8 Å². The molecule has 0 radical (unpaired) electrons. The third-order valence-electron chi connectivity index (χ3n) is 3.62. The topological polar surface area (TPSA) is 55.1 Å². The highest BCUT2D eigenvalue weighted by Crippen LogP contribution is 2.35. The summed E-state index contributed by atoms with van der Waals surface area (Å²) in [5, 5.41) is 6.02. The molecule has 1 unspecified atom stereocenters. The highest BCUT2D eigenvalue weighted by Gasteiger charge is 2.21. The lowest BCUT2D eigenvalue weighted by Gasteiger charge is -2.25. The van der Waals surface area contributed by atoms with Crippen LogP contribution in [0.2, 0.25) is 5.02 Å². The molecular formula is C15H15ClN2OS. The Hall–Kier alpha value is -1.52. The number of halogens is 1. The van der Waals surface area contributed by atoms with Crippen LogP contribution in [0, 0.1) is 0 Å². The van der Waals surface area contributed by atoms with Gasteiger partial charge in [0.2, 0.25) is 5.91 Å². The number of hydrogen-bond donors (Lipinski definition) is 2. The van der Waals surface area contributed by atoms with E-state index in [-0.39, 0.29) is 0 Å². The van der Waals surface area contributed by atoms with Crippen molar-refractivity contribution >= 4 is 34.5 Å². The summed E-state index contributed by atoms with van der Waals surface area (Å²) < 4.78 is 0. The van der Waals surface area contributed by atoms with Crippen LogP contribution >= 0.6 is 22.9 Å². The molecule has 3 rings (SSSR count). The second-order valence-corrected chi connectivity index (χ2v) is 6.36. The zero-order valence-corrected chi connectivity index (χ0v) is 12.4. The van der Waals surface area contributed by atoms with Crippen molar-refractivity contribution in [2.75, 3.05) is 5.32 Å². The minimum absolute atomic E-state index is 0.298. The SMILES string of the molecule is NC(=O)c1cc(NC2CCCc3sccc32)ccc1Cl. The summed E-state index contributed by atoms with van der Waals surface area (Å²) in [7, 11) is 0. The number of fused-ring (bicyclic) bond motifs is 1. The number of nitrogens with two attached hydrogens (primary N) is 1. The van der Waals surface area contributed by atoms with E-state index in [0.29, 0.717) is 16.6 Å². The molecule has 2 aromatic rings. The smallest absolute Gasteiger partial charge is 0.250 e. The molecule has 1 aromatic heterocycles. The molecule has 1 aromatic carbocycles. The third-order valence-corrected chi connectivity index (χ3v) is 4.95. The van der Waals surface area contributed by atoms with Gasteiger partial charge in [-0.15, -0.1) is 11.3 Å². The van der Waals surface area contributed by atoms with E-state index in [1.54, 1.807) is 12.1 Å². The van der Waals surface area contributed by atoms with Crippen molar-refractivity contribution in [3.05, 3.63) is 50.7 Å². The van der Waals surface area contributed by atoms with Crippen LogP contribution in [0.25, 0.3) is 0 Å². The molecule has 3 N–H and O–H groups in total. The predicted molar refractivity (Wildman–Crippen MR) is 83.6 cm³/mol. The van der Waals surface area contributed by atoms with Crippen molar-refractivity contribution in [3.63, 3.8) is 0 Å². The summed E-state index contributed by atoms with van der Waals surface area (Å²) in [6, 6.07) is 7.80. The number of nitrogens with one attached hydrogen (secondary N) is 1. The van der Waals surface area contributed by atoms with Crippen molar-refractivity contribution in [1.29, 1.82) is 0 Å². The Morgan fingerprint density at radius 3 is 3.05 bits per heavy atom. The summed E-state index contributed by atoms with van der Waals surface area (Å²) in [6.07, 6.45) is 3.44. The first-order valence-corrected chi connectivity index (χ1v) is 7.83. The second-order valence-electron chi connectivity index (χ2n) is 4.95. The number of primary amides is 1. The number of carbonyl (C=O) groups excluding carboxylic acids is 1. The average Bonchev–Trinajstić information content (AvgIpc) is 2.90. The molecule has 0 saturated heterocycles. The molecule has 1 aliphatic carbocycles. The molecule has 1 heterocycles. The quantitative estimate of drug-likeness (QED) is 0.901. The van der Waals surface area contributed by atoms with Crippen LogP contribution < -0.4 is 11.1 Å². The molecule has 0 fully saturated rings. The summed E-state index contributed by atoms with van der Waals surface area (Å²) in [4.78, 5) is 12.8. The van der Waals surface area contributed by atoms with Crippen LogP contribution in [-0.4, -0.2) is 5.91 Å². The summed E-state index contributed by atoms with van der Waals surface area (Å²) in [5.74, 6) is -0.501. The van der Waals surface area contributed by atoms with Crippen LogP contribution in [0.4, 0.5) is 5.69 Å². The number of rotatable bonds is 3. The number of hydrogen-bond acceptors (Lipinski definition) is 3. The molecule has 0 saturated carbocycles. The van der Waals surface area contributed by atoms with E-state index < -0.39 is 5.91 Å². The zero-order valence-electron chi connectivity index (χ0n) is 10.9. The Labute approximate surface area is 126 Å². The van der Waals surface area contributed by atoms with Gasteiger partial charge in [0.1, 0.15) is 0 Å². The van der Waals surface area contributed by atoms with Crippen molar-refractivity contribution in [1.82, 2.24) is 0 Å². The van der Waals surface area contributed by atoms with Crippen LogP contribution in [0.15, 0.2) is 29.6 Å². The summed E-state index contributed by atoms with van der Waals surface area (Å²) in [6.45, 7) is 0. The van der Waals surface area contributed by atoms with Gasteiger partial charge in [0.15, 0.2) is 0 Å². The van der Waals surface area contributed by atoms with Gasteiger partial charge in [-0.05, 0) is 54.5 Å². The van der Waals surface area contributed by atoms with Gasteiger partial charge in [-0.25, -0.2) is 0 Å². The maximum atomic E-state index is 11.3. The molecule has 0 spiro atoms. The second kappa shape index (κ2) is 5.46. The van der Waals surface area contributed by atoms with Gasteiger partial charge in [-0.3, -0.25) is 4.79 Å². The Morgan fingerprint density at radius 1 is 1.40 bits per heavy atom. The van der Waals surface area contributed by atoms with Gasteiger partial charge in [0, 0.05) is 10.6 Å². The largest absolute Gasteiger partial charge is 0.378 e. The third kappa shape index (κ3) is 2.53. The number of benzene rings is 1. The molecule has 104 valence electrons. The van der Waals surface area contributed by atoms with Gasteiger partial charge in [-0.2, -0.15) is 0 Å². The van der Waals surface area contributed by atoms with Crippen LogP contribution in [0.5, 0.6) is 0 Å². The average molecular weight is 307 g/mol. The van der Waals surface area contributed by atoms with E-state index in [4.69, 9.17) is 17.3 Å². The van der Waals surface area contributed by atoms with Crippen LogP contribution in [0.1, 0.15) is 39.7 Å². The molecule has 5 heteroatoms. The highest BCUT2D eigenvalue weighted by molar-refractivity contribution is 7.10. The lowest BCUT2D eigenvalue weighted by atomic mass is 9.94. The van der Waals surface area contributed by atoms with E-state index in [1.165, 1.54) is 23.3 Å². The van der Waals surface area contributed by atoms with E-state index in [0.717, 1.165) is 12.1 Å². The van der Waals surface area contributed by atoms with Crippen LogP contribution in [0.3, 0.4) is 0 Å². The van der Waals surface area contributed by atoms with E-state index in [9.17, 15) is 4.79 Å². The first-order valence-electron chi connectivity index (χ1n) is 6.57. The van der Waals surface area contributed by atoms with Crippen molar-refractivity contribution in [2.24, 2.45) is 5.73 Å². The predicted octanol–water partition coefficient (Wildman–Crippen LogP) is 3.99. The number of thiophene rings is 1. The highest BCUT2D eigenvalue weighted by atomic mass is 35.5. The number of amides is 1. The molecule has 1 atom stereocenters. The molecule has 0 bridgehead atoms. The summed E-state index contributed by atoms with van der Waals surface area (Å²) >= 11 is 7.79. The normalized spacial score (nSPS) is 17.6. The molecular weight excluding hydrogens is 292 g/mol. The van der Waals surface area contributed by atoms with Gasteiger partial charge >= 0.3 is 0 Å². The molecule has 1 aliphatic rings. The lowest BCUT2D eigenvalue weighted by molar-refractivity contribution is 0.100. The number of aryl methyl sites for hydroxylation is 1. The van der Waals surface area contributed by atoms with Crippen LogP contribution in [-0.2, 0) is 6.42 Å². The minimum Gasteiger partial charge on any atom is -0.378 e. The van der Waals surface area contributed by atoms with E-state index in [1.807, 2.05) is 17.4 Å².